The fraction of sp³-hybridized carbons (Fsp3) is 0.667. The minimum absolute atomic E-state index is 0.819. The van der Waals surface area contributed by atoms with Crippen molar-refractivity contribution in [3.05, 3.63) is 11.8 Å². The van der Waals surface area contributed by atoms with Gasteiger partial charge in [0.25, 0.3) is 0 Å². The fourth-order valence-corrected chi connectivity index (χ4v) is 1.36. The molecule has 1 saturated carbocycles. The van der Waals surface area contributed by atoms with Gasteiger partial charge in [-0.3, -0.25) is 0 Å². The molecule has 1 heteroatoms. The monoisotopic (exact) mass is 95.1 g/mol. The minimum atomic E-state index is 0.819. The quantitative estimate of drug-likeness (QED) is 0.474. The molecule has 7 heavy (non-hydrogen) atoms. The molecule has 0 aromatic heterocycles. The van der Waals surface area contributed by atoms with Gasteiger partial charge in [-0.15, -0.1) is 0 Å². The van der Waals surface area contributed by atoms with Gasteiger partial charge in [0, 0.05) is 11.6 Å². The number of allylic oxidation sites excluding steroid dienone is 2. The first-order valence-corrected chi connectivity index (χ1v) is 2.83. The summed E-state index contributed by atoms with van der Waals surface area (Å²) in [4.78, 5) is 0. The van der Waals surface area contributed by atoms with Gasteiger partial charge in [-0.1, -0.05) is 6.08 Å². The third kappa shape index (κ3) is 0.328. The molecular formula is C6H9N. The summed E-state index contributed by atoms with van der Waals surface area (Å²) in [5.41, 5.74) is 6.74. The van der Waals surface area contributed by atoms with Gasteiger partial charge in [-0.05, 0) is 18.8 Å². The lowest BCUT2D eigenvalue weighted by Crippen LogP contribution is -1.95. The predicted octanol–water partition coefficient (Wildman–Crippen LogP) is 0.869. The summed E-state index contributed by atoms with van der Waals surface area (Å²) in [5, 5.41) is 0. The summed E-state index contributed by atoms with van der Waals surface area (Å²) < 4.78 is 0. The molecule has 0 saturated heterocycles. The van der Waals surface area contributed by atoms with Crippen LogP contribution in [-0.2, 0) is 0 Å². The lowest BCUT2D eigenvalue weighted by atomic mass is 10.3. The highest BCUT2D eigenvalue weighted by atomic mass is 14.7. The Morgan fingerprint density at radius 2 is 2.57 bits per heavy atom. The average Bonchev–Trinajstić information content (AvgIpc) is 2.33. The molecule has 2 unspecified atom stereocenters. The second kappa shape index (κ2) is 0.857. The molecule has 0 aromatic carbocycles. The van der Waals surface area contributed by atoms with Crippen LogP contribution in [0, 0.1) is 11.8 Å². The maximum atomic E-state index is 5.58. The first kappa shape index (κ1) is 3.53. The van der Waals surface area contributed by atoms with Gasteiger partial charge in [-0.2, -0.15) is 0 Å². The van der Waals surface area contributed by atoms with Crippen LogP contribution in [0.4, 0.5) is 0 Å². The van der Waals surface area contributed by atoms with E-state index in [0.717, 1.165) is 17.5 Å². The zero-order chi connectivity index (χ0) is 4.85. The average molecular weight is 95.1 g/mol. The Bertz CT molecular complexity index is 126. The second-order valence-electron chi connectivity index (χ2n) is 2.54. The van der Waals surface area contributed by atoms with Gasteiger partial charge in [0.05, 0.1) is 0 Å². The van der Waals surface area contributed by atoms with Crippen molar-refractivity contribution in [1.82, 2.24) is 0 Å². The number of fused-ring (bicyclic) bond motifs is 1. The summed E-state index contributed by atoms with van der Waals surface area (Å²) in [6.45, 7) is 0. The van der Waals surface area contributed by atoms with Crippen LogP contribution in [0.1, 0.15) is 12.8 Å². The standard InChI is InChI=1S/C6H9N/c7-6-2-1-4-3-5(4)6/h2,4-5H,1,3,7H2. The van der Waals surface area contributed by atoms with E-state index in [2.05, 4.69) is 6.08 Å². The van der Waals surface area contributed by atoms with E-state index >= 15 is 0 Å². The summed E-state index contributed by atoms with van der Waals surface area (Å²) >= 11 is 0. The van der Waals surface area contributed by atoms with Gasteiger partial charge in [0.1, 0.15) is 0 Å². The van der Waals surface area contributed by atoms with Gasteiger partial charge in [0.2, 0.25) is 0 Å². The topological polar surface area (TPSA) is 26.0 Å². The molecule has 1 fully saturated rings. The molecule has 2 aliphatic rings. The van der Waals surface area contributed by atoms with Crippen LogP contribution in [0.3, 0.4) is 0 Å². The molecule has 0 spiro atoms. The molecular weight excluding hydrogens is 86.1 g/mol. The smallest absolute Gasteiger partial charge is 0.00746 e. The summed E-state index contributed by atoms with van der Waals surface area (Å²) in [7, 11) is 0. The van der Waals surface area contributed by atoms with Crippen molar-refractivity contribution in [3.8, 4) is 0 Å². The van der Waals surface area contributed by atoms with Crippen LogP contribution in [-0.4, -0.2) is 0 Å². The van der Waals surface area contributed by atoms with Crippen molar-refractivity contribution in [2.45, 2.75) is 12.8 Å². The lowest BCUT2D eigenvalue weighted by molar-refractivity contribution is 0.842. The molecule has 2 N–H and O–H groups in total. The van der Waals surface area contributed by atoms with Gasteiger partial charge < -0.3 is 5.73 Å². The molecule has 0 bridgehead atoms. The predicted molar refractivity (Wildman–Crippen MR) is 28.5 cm³/mol. The summed E-state index contributed by atoms with van der Waals surface area (Å²) in [6, 6.07) is 0. The van der Waals surface area contributed by atoms with E-state index in [1.807, 2.05) is 0 Å². The second-order valence-corrected chi connectivity index (χ2v) is 2.54. The van der Waals surface area contributed by atoms with Crippen molar-refractivity contribution in [2.75, 3.05) is 0 Å². The molecule has 2 atom stereocenters. The van der Waals surface area contributed by atoms with E-state index in [1.165, 1.54) is 12.8 Å². The molecule has 1 nitrogen and oxygen atoms in total. The van der Waals surface area contributed by atoms with E-state index in [0.29, 0.717) is 0 Å². The fourth-order valence-electron chi connectivity index (χ4n) is 1.36. The van der Waals surface area contributed by atoms with Crippen molar-refractivity contribution >= 4 is 0 Å². The SMILES string of the molecule is NC1=CCC2CC12. The molecule has 2 aliphatic carbocycles. The Morgan fingerprint density at radius 1 is 1.71 bits per heavy atom. The van der Waals surface area contributed by atoms with Crippen molar-refractivity contribution < 1.29 is 0 Å². The Morgan fingerprint density at radius 3 is 2.71 bits per heavy atom. The number of hydrogen-bond acceptors (Lipinski definition) is 1. The normalized spacial score (nSPS) is 45.4. The van der Waals surface area contributed by atoms with Gasteiger partial charge >= 0.3 is 0 Å². The lowest BCUT2D eigenvalue weighted by Gasteiger charge is -1.85. The van der Waals surface area contributed by atoms with E-state index in [9.17, 15) is 0 Å². The zero-order valence-corrected chi connectivity index (χ0v) is 4.22. The van der Waals surface area contributed by atoms with Crippen LogP contribution in [0.15, 0.2) is 11.8 Å². The molecule has 0 amide bonds. The van der Waals surface area contributed by atoms with Crippen LogP contribution in [0.25, 0.3) is 0 Å². The van der Waals surface area contributed by atoms with Gasteiger partial charge in [0.15, 0.2) is 0 Å². The molecule has 0 aliphatic heterocycles. The highest BCUT2D eigenvalue weighted by molar-refractivity contribution is 5.20. The minimum Gasteiger partial charge on any atom is -0.402 e. The van der Waals surface area contributed by atoms with Crippen molar-refractivity contribution in [3.63, 3.8) is 0 Å². The Kier molecular flexibility index (Phi) is 0.432. The number of rotatable bonds is 0. The Labute approximate surface area is 43.2 Å². The van der Waals surface area contributed by atoms with E-state index in [-0.39, 0.29) is 0 Å². The summed E-state index contributed by atoms with van der Waals surface area (Å²) in [6.07, 6.45) is 4.80. The molecule has 0 heterocycles. The first-order valence-electron chi connectivity index (χ1n) is 2.83. The maximum absolute atomic E-state index is 5.58. The van der Waals surface area contributed by atoms with Crippen LogP contribution in [0.5, 0.6) is 0 Å². The van der Waals surface area contributed by atoms with E-state index < -0.39 is 0 Å². The maximum Gasteiger partial charge on any atom is 0.00746 e. The van der Waals surface area contributed by atoms with Crippen LogP contribution in [0.2, 0.25) is 0 Å². The largest absolute Gasteiger partial charge is 0.402 e. The highest BCUT2D eigenvalue weighted by Crippen LogP contribution is 2.49. The molecule has 0 radical (unpaired) electrons. The van der Waals surface area contributed by atoms with Crippen LogP contribution >= 0.6 is 0 Å². The number of nitrogens with two attached hydrogens (primary N) is 1. The number of hydrogen-bond donors (Lipinski definition) is 1. The van der Waals surface area contributed by atoms with Crippen molar-refractivity contribution in [2.24, 2.45) is 17.6 Å². The highest BCUT2D eigenvalue weighted by Gasteiger charge is 2.41. The Hall–Kier alpha value is -0.460. The molecule has 38 valence electrons. The third-order valence-corrected chi connectivity index (χ3v) is 2.01. The first-order chi connectivity index (χ1) is 3.38. The van der Waals surface area contributed by atoms with Crippen LogP contribution < -0.4 is 5.73 Å². The molecule has 0 aromatic rings. The van der Waals surface area contributed by atoms with E-state index in [4.69, 9.17) is 5.73 Å². The zero-order valence-electron chi connectivity index (χ0n) is 4.22. The van der Waals surface area contributed by atoms with E-state index in [1.54, 1.807) is 0 Å². The van der Waals surface area contributed by atoms with Gasteiger partial charge in [-0.25, -0.2) is 0 Å². The summed E-state index contributed by atoms with van der Waals surface area (Å²) in [5.74, 6) is 1.79. The molecule has 2 rings (SSSR count). The third-order valence-electron chi connectivity index (χ3n) is 2.01. The Balaban J connectivity index is 2.25. The van der Waals surface area contributed by atoms with Crippen molar-refractivity contribution in [1.29, 1.82) is 0 Å².